The first-order valence-corrected chi connectivity index (χ1v) is 6.10. The third-order valence-electron chi connectivity index (χ3n) is 3.52. The van der Waals surface area contributed by atoms with Gasteiger partial charge in [-0.15, -0.1) is 0 Å². The second kappa shape index (κ2) is 4.92. The van der Waals surface area contributed by atoms with Gasteiger partial charge >= 0.3 is 0 Å². The quantitative estimate of drug-likeness (QED) is 0.732. The minimum Gasteiger partial charge on any atom is -0.378 e. The standard InChI is InChI=1S/C12H25N3O2/c1-9(7-12(4,14)10(13)16)15-5-6-17-8-11(15,2)3/h9H,5-8,14H2,1-4H3,(H2,13,16). The first-order valence-electron chi connectivity index (χ1n) is 6.10. The molecule has 5 nitrogen and oxygen atoms in total. The third kappa shape index (κ3) is 3.40. The lowest BCUT2D eigenvalue weighted by Gasteiger charge is -2.46. The molecular formula is C12H25N3O2. The van der Waals surface area contributed by atoms with Crippen molar-refractivity contribution in [1.29, 1.82) is 0 Å². The number of rotatable bonds is 4. The molecule has 1 saturated heterocycles. The van der Waals surface area contributed by atoms with E-state index in [-0.39, 0.29) is 11.6 Å². The predicted molar refractivity (Wildman–Crippen MR) is 67.5 cm³/mol. The molecule has 1 rings (SSSR count). The van der Waals surface area contributed by atoms with Crippen LogP contribution in [0.4, 0.5) is 0 Å². The SMILES string of the molecule is CC(CC(C)(N)C(N)=O)N1CCOCC1(C)C. The number of carbonyl (C=O) groups is 1. The van der Waals surface area contributed by atoms with Crippen LogP contribution in [0.25, 0.3) is 0 Å². The predicted octanol–water partition coefficient (Wildman–Crippen LogP) is 0.0785. The van der Waals surface area contributed by atoms with E-state index in [9.17, 15) is 4.79 Å². The number of primary amides is 1. The first kappa shape index (κ1) is 14.4. The molecule has 0 bridgehead atoms. The van der Waals surface area contributed by atoms with Crippen molar-refractivity contribution in [3.63, 3.8) is 0 Å². The highest BCUT2D eigenvalue weighted by molar-refractivity contribution is 5.83. The molecular weight excluding hydrogens is 218 g/mol. The van der Waals surface area contributed by atoms with Crippen LogP contribution in [0.5, 0.6) is 0 Å². The summed E-state index contributed by atoms with van der Waals surface area (Å²) in [4.78, 5) is 13.6. The van der Waals surface area contributed by atoms with Gasteiger partial charge in [-0.2, -0.15) is 0 Å². The van der Waals surface area contributed by atoms with Crippen molar-refractivity contribution in [1.82, 2.24) is 4.90 Å². The van der Waals surface area contributed by atoms with Gasteiger partial charge < -0.3 is 16.2 Å². The second-order valence-electron chi connectivity index (χ2n) is 5.89. The van der Waals surface area contributed by atoms with Gasteiger partial charge in [0.25, 0.3) is 0 Å². The molecule has 1 aliphatic rings. The minimum atomic E-state index is -0.951. The number of amides is 1. The second-order valence-corrected chi connectivity index (χ2v) is 5.89. The number of ether oxygens (including phenoxy) is 1. The molecule has 1 fully saturated rings. The summed E-state index contributed by atoms with van der Waals surface area (Å²) in [6, 6.07) is 0.205. The van der Waals surface area contributed by atoms with Crippen molar-refractivity contribution >= 4 is 5.91 Å². The fourth-order valence-electron chi connectivity index (χ4n) is 2.51. The Kier molecular flexibility index (Phi) is 4.17. The van der Waals surface area contributed by atoms with Crippen molar-refractivity contribution in [2.45, 2.75) is 51.2 Å². The number of nitrogens with two attached hydrogens (primary N) is 2. The van der Waals surface area contributed by atoms with E-state index in [4.69, 9.17) is 16.2 Å². The lowest BCUT2D eigenvalue weighted by atomic mass is 9.90. The van der Waals surface area contributed by atoms with Gasteiger partial charge in [-0.05, 0) is 34.1 Å². The minimum absolute atomic E-state index is 0.0224. The molecule has 5 heteroatoms. The molecule has 0 saturated carbocycles. The molecule has 17 heavy (non-hydrogen) atoms. The zero-order valence-corrected chi connectivity index (χ0v) is 11.3. The molecule has 1 heterocycles. The van der Waals surface area contributed by atoms with Crippen LogP contribution in [0.3, 0.4) is 0 Å². The van der Waals surface area contributed by atoms with E-state index in [2.05, 4.69) is 25.7 Å². The lowest BCUT2D eigenvalue weighted by Crippen LogP contribution is -2.60. The maximum absolute atomic E-state index is 11.3. The van der Waals surface area contributed by atoms with E-state index in [0.29, 0.717) is 13.0 Å². The molecule has 0 aromatic carbocycles. The van der Waals surface area contributed by atoms with Crippen molar-refractivity contribution in [2.24, 2.45) is 11.5 Å². The average molecular weight is 243 g/mol. The maximum atomic E-state index is 11.3. The molecule has 0 aromatic heterocycles. The normalized spacial score (nSPS) is 26.2. The molecule has 1 aliphatic heterocycles. The Balaban J connectivity index is 2.69. The summed E-state index contributed by atoms with van der Waals surface area (Å²) in [5.41, 5.74) is 10.3. The Bertz CT molecular complexity index is 289. The summed E-state index contributed by atoms with van der Waals surface area (Å²) in [7, 11) is 0. The highest BCUT2D eigenvalue weighted by Gasteiger charge is 2.37. The smallest absolute Gasteiger partial charge is 0.237 e. The summed E-state index contributed by atoms with van der Waals surface area (Å²) in [6.45, 7) is 10.4. The van der Waals surface area contributed by atoms with Gasteiger partial charge in [0, 0.05) is 18.1 Å². The van der Waals surface area contributed by atoms with Crippen LogP contribution in [-0.4, -0.2) is 47.7 Å². The summed E-state index contributed by atoms with van der Waals surface area (Å²) >= 11 is 0. The van der Waals surface area contributed by atoms with Gasteiger partial charge in [0.15, 0.2) is 0 Å². The number of hydrogen-bond donors (Lipinski definition) is 2. The van der Waals surface area contributed by atoms with Gasteiger partial charge in [0.1, 0.15) is 0 Å². The van der Waals surface area contributed by atoms with Crippen LogP contribution in [0.15, 0.2) is 0 Å². The van der Waals surface area contributed by atoms with E-state index in [1.165, 1.54) is 0 Å². The van der Waals surface area contributed by atoms with Crippen molar-refractivity contribution in [3.05, 3.63) is 0 Å². The topological polar surface area (TPSA) is 81.6 Å². The molecule has 1 amide bonds. The fourth-order valence-corrected chi connectivity index (χ4v) is 2.51. The number of carbonyl (C=O) groups excluding carboxylic acids is 1. The molecule has 2 atom stereocenters. The maximum Gasteiger partial charge on any atom is 0.237 e. The lowest BCUT2D eigenvalue weighted by molar-refractivity contribution is -0.124. The van der Waals surface area contributed by atoms with Crippen LogP contribution in [0.2, 0.25) is 0 Å². The summed E-state index contributed by atoms with van der Waals surface area (Å²) < 4.78 is 5.48. The van der Waals surface area contributed by atoms with Crippen LogP contribution < -0.4 is 11.5 Å². The number of morpholine rings is 1. The van der Waals surface area contributed by atoms with Gasteiger partial charge in [-0.1, -0.05) is 0 Å². The third-order valence-corrected chi connectivity index (χ3v) is 3.52. The summed E-state index contributed by atoms with van der Waals surface area (Å²) in [6.07, 6.45) is 0.561. The molecule has 0 spiro atoms. The molecule has 4 N–H and O–H groups in total. The Morgan fingerprint density at radius 3 is 2.65 bits per heavy atom. The van der Waals surface area contributed by atoms with Crippen LogP contribution in [0, 0.1) is 0 Å². The Hall–Kier alpha value is -0.650. The first-order chi connectivity index (χ1) is 7.67. The number of hydrogen-bond acceptors (Lipinski definition) is 4. The summed E-state index contributed by atoms with van der Waals surface area (Å²) in [5, 5.41) is 0. The van der Waals surface area contributed by atoms with Gasteiger partial charge in [-0.3, -0.25) is 9.69 Å². The molecule has 0 aromatic rings. The molecule has 100 valence electrons. The zero-order chi connectivity index (χ0) is 13.3. The van der Waals surface area contributed by atoms with Crippen molar-refractivity contribution < 1.29 is 9.53 Å². The van der Waals surface area contributed by atoms with E-state index in [0.717, 1.165) is 13.2 Å². The molecule has 0 radical (unpaired) electrons. The highest BCUT2D eigenvalue weighted by atomic mass is 16.5. The van der Waals surface area contributed by atoms with Crippen LogP contribution in [0.1, 0.15) is 34.1 Å². The van der Waals surface area contributed by atoms with Gasteiger partial charge in [0.2, 0.25) is 5.91 Å². The van der Waals surface area contributed by atoms with Crippen molar-refractivity contribution in [2.75, 3.05) is 19.8 Å². The highest BCUT2D eigenvalue weighted by Crippen LogP contribution is 2.25. The Labute approximate surface area is 103 Å². The van der Waals surface area contributed by atoms with E-state index in [1.807, 2.05) is 0 Å². The number of nitrogens with zero attached hydrogens (tertiary/aromatic N) is 1. The van der Waals surface area contributed by atoms with E-state index < -0.39 is 11.4 Å². The van der Waals surface area contributed by atoms with E-state index in [1.54, 1.807) is 6.92 Å². The van der Waals surface area contributed by atoms with E-state index >= 15 is 0 Å². The Morgan fingerprint density at radius 1 is 1.59 bits per heavy atom. The fraction of sp³-hybridized carbons (Fsp3) is 0.917. The monoisotopic (exact) mass is 243 g/mol. The van der Waals surface area contributed by atoms with Gasteiger partial charge in [-0.25, -0.2) is 0 Å². The van der Waals surface area contributed by atoms with Crippen molar-refractivity contribution in [3.8, 4) is 0 Å². The zero-order valence-electron chi connectivity index (χ0n) is 11.3. The van der Waals surface area contributed by atoms with Gasteiger partial charge in [0.05, 0.1) is 18.8 Å². The largest absolute Gasteiger partial charge is 0.378 e. The summed E-state index contributed by atoms with van der Waals surface area (Å²) in [5.74, 6) is -0.449. The van der Waals surface area contributed by atoms with Crippen LogP contribution >= 0.6 is 0 Å². The molecule has 0 aliphatic carbocycles. The Morgan fingerprint density at radius 2 is 2.18 bits per heavy atom. The van der Waals surface area contributed by atoms with Crippen LogP contribution in [-0.2, 0) is 9.53 Å². The molecule has 2 unspecified atom stereocenters. The average Bonchev–Trinajstić information content (AvgIpc) is 2.15.